The Labute approximate surface area is 143 Å². The summed E-state index contributed by atoms with van der Waals surface area (Å²) in [5, 5.41) is 7.68. The van der Waals surface area contributed by atoms with E-state index in [2.05, 4.69) is 62.4 Å². The summed E-state index contributed by atoms with van der Waals surface area (Å²) < 4.78 is 6.56. The Bertz CT molecular complexity index is 618. The molecule has 2 heterocycles. The molecule has 1 fully saturated rings. The van der Waals surface area contributed by atoms with Gasteiger partial charge in [0.05, 0.1) is 11.3 Å². The fourth-order valence-electron chi connectivity index (χ4n) is 2.41. The Kier molecular flexibility index (Phi) is 5.18. The summed E-state index contributed by atoms with van der Waals surface area (Å²) >= 11 is 5.17. The molecule has 0 amide bonds. The van der Waals surface area contributed by atoms with Crippen LogP contribution < -0.4 is 5.32 Å². The van der Waals surface area contributed by atoms with Crippen LogP contribution in [0.15, 0.2) is 38.2 Å². The normalized spacial score (nSPS) is 21.0. The van der Waals surface area contributed by atoms with E-state index < -0.39 is 0 Å². The third-order valence-corrected chi connectivity index (χ3v) is 5.37. The van der Waals surface area contributed by atoms with Crippen LogP contribution in [0.3, 0.4) is 0 Å². The van der Waals surface area contributed by atoms with E-state index in [9.17, 15) is 0 Å². The number of aromatic nitrogens is 2. The minimum Gasteiger partial charge on any atom is -0.338 e. The van der Waals surface area contributed by atoms with Crippen molar-refractivity contribution in [1.82, 2.24) is 20.4 Å². The fraction of sp³-hybridized carbons (Fsp3) is 0.467. The Morgan fingerprint density at radius 1 is 1.41 bits per heavy atom. The van der Waals surface area contributed by atoms with E-state index in [0.717, 1.165) is 29.9 Å². The lowest BCUT2D eigenvalue weighted by Crippen LogP contribution is -2.44. The summed E-state index contributed by atoms with van der Waals surface area (Å²) in [5.41, 5.74) is 0. The van der Waals surface area contributed by atoms with Crippen molar-refractivity contribution in [1.29, 1.82) is 0 Å². The lowest BCUT2D eigenvalue weighted by molar-refractivity contribution is 0.190. The van der Waals surface area contributed by atoms with Crippen molar-refractivity contribution in [3.8, 4) is 0 Å². The Balaban J connectivity index is 1.68. The number of nitrogens with zero attached hydrogens (tertiary/aromatic N) is 3. The average Bonchev–Trinajstić information content (AvgIpc) is 3.00. The molecule has 1 saturated heterocycles. The quantitative estimate of drug-likeness (QED) is 0.818. The maximum atomic E-state index is 5.48. The van der Waals surface area contributed by atoms with Gasteiger partial charge in [0, 0.05) is 29.0 Å². The summed E-state index contributed by atoms with van der Waals surface area (Å²) in [6, 6.07) is 8.44. The van der Waals surface area contributed by atoms with Crippen molar-refractivity contribution < 1.29 is 4.52 Å². The minimum atomic E-state index is 0.129. The molecule has 0 radical (unpaired) electrons. The van der Waals surface area contributed by atoms with Crippen LogP contribution >= 0.6 is 27.7 Å². The lowest BCUT2D eigenvalue weighted by atomic mass is 10.2. The summed E-state index contributed by atoms with van der Waals surface area (Å²) in [6.45, 7) is 4.96. The van der Waals surface area contributed by atoms with Gasteiger partial charge < -0.3 is 9.84 Å². The number of rotatable bonds is 4. The van der Waals surface area contributed by atoms with Gasteiger partial charge in [-0.2, -0.15) is 4.98 Å². The minimum absolute atomic E-state index is 0.129. The van der Waals surface area contributed by atoms with Gasteiger partial charge in [0.25, 0.3) is 0 Å². The average molecular weight is 383 g/mol. The highest BCUT2D eigenvalue weighted by Gasteiger charge is 2.26. The zero-order valence-corrected chi connectivity index (χ0v) is 15.0. The summed E-state index contributed by atoms with van der Waals surface area (Å²) in [6.07, 6.45) is 0. The molecule has 2 unspecified atom stereocenters. The maximum Gasteiger partial charge on any atom is 0.239 e. The predicted molar refractivity (Wildman–Crippen MR) is 91.0 cm³/mol. The van der Waals surface area contributed by atoms with Crippen LogP contribution in [0.5, 0.6) is 0 Å². The van der Waals surface area contributed by atoms with E-state index >= 15 is 0 Å². The summed E-state index contributed by atoms with van der Waals surface area (Å²) in [4.78, 5) is 8.06. The largest absolute Gasteiger partial charge is 0.338 e. The molecular formula is C15H19BrN4OS. The zero-order chi connectivity index (χ0) is 15.5. The van der Waals surface area contributed by atoms with Gasteiger partial charge in [-0.3, -0.25) is 4.90 Å². The lowest BCUT2D eigenvalue weighted by Gasteiger charge is -2.30. The number of piperazine rings is 1. The molecule has 2 atom stereocenters. The van der Waals surface area contributed by atoms with Gasteiger partial charge in [-0.25, -0.2) is 0 Å². The van der Waals surface area contributed by atoms with E-state index in [1.807, 2.05) is 12.1 Å². The molecule has 0 aliphatic carbocycles. The van der Waals surface area contributed by atoms with Gasteiger partial charge in [0.1, 0.15) is 0 Å². The molecule has 22 heavy (non-hydrogen) atoms. The maximum absolute atomic E-state index is 5.48. The molecule has 118 valence electrons. The first-order valence-corrected chi connectivity index (χ1v) is 8.97. The van der Waals surface area contributed by atoms with Crippen LogP contribution in [-0.4, -0.2) is 41.7 Å². The SMILES string of the molecule is CC(Sc1ccc(Br)cc1)c1nc(C2CNCCN2C)no1. The van der Waals surface area contributed by atoms with Gasteiger partial charge in [0.15, 0.2) is 5.82 Å². The van der Waals surface area contributed by atoms with E-state index in [1.54, 1.807) is 11.8 Å². The van der Waals surface area contributed by atoms with Crippen LogP contribution in [0.1, 0.15) is 29.9 Å². The Morgan fingerprint density at radius 3 is 2.91 bits per heavy atom. The molecule has 0 bridgehead atoms. The summed E-state index contributed by atoms with van der Waals surface area (Å²) in [5.74, 6) is 1.45. The Morgan fingerprint density at radius 2 is 2.18 bits per heavy atom. The number of nitrogens with one attached hydrogen (secondary N) is 1. The molecular weight excluding hydrogens is 364 g/mol. The van der Waals surface area contributed by atoms with Crippen molar-refractivity contribution in [2.24, 2.45) is 0 Å². The zero-order valence-electron chi connectivity index (χ0n) is 12.6. The van der Waals surface area contributed by atoms with Crippen LogP contribution in [0.2, 0.25) is 0 Å². The van der Waals surface area contributed by atoms with Crippen molar-refractivity contribution in [2.75, 3.05) is 26.7 Å². The molecule has 0 saturated carbocycles. The first kappa shape index (κ1) is 16.0. The molecule has 1 aliphatic heterocycles. The highest BCUT2D eigenvalue weighted by atomic mass is 79.9. The number of benzene rings is 1. The van der Waals surface area contributed by atoms with E-state index in [1.165, 1.54) is 4.90 Å². The predicted octanol–water partition coefficient (Wildman–Crippen LogP) is 3.26. The van der Waals surface area contributed by atoms with Crippen molar-refractivity contribution in [3.63, 3.8) is 0 Å². The number of likely N-dealkylation sites (N-methyl/N-ethyl adjacent to an activating group) is 1. The fourth-order valence-corrected chi connectivity index (χ4v) is 3.57. The van der Waals surface area contributed by atoms with Gasteiger partial charge in [0.2, 0.25) is 5.89 Å². The molecule has 3 rings (SSSR count). The highest BCUT2D eigenvalue weighted by Crippen LogP contribution is 2.35. The molecule has 7 heteroatoms. The van der Waals surface area contributed by atoms with Gasteiger partial charge in [-0.1, -0.05) is 21.1 Å². The number of hydrogen-bond acceptors (Lipinski definition) is 6. The van der Waals surface area contributed by atoms with Gasteiger partial charge in [-0.15, -0.1) is 11.8 Å². The molecule has 5 nitrogen and oxygen atoms in total. The van der Waals surface area contributed by atoms with Crippen LogP contribution in [-0.2, 0) is 0 Å². The smallest absolute Gasteiger partial charge is 0.239 e. The first-order chi connectivity index (χ1) is 10.6. The van der Waals surface area contributed by atoms with Crippen molar-refractivity contribution in [2.45, 2.75) is 23.1 Å². The van der Waals surface area contributed by atoms with Crippen molar-refractivity contribution >= 4 is 27.7 Å². The Hall–Kier alpha value is -0.890. The third kappa shape index (κ3) is 3.71. The monoisotopic (exact) mass is 382 g/mol. The van der Waals surface area contributed by atoms with Crippen LogP contribution in [0.4, 0.5) is 0 Å². The van der Waals surface area contributed by atoms with Gasteiger partial charge in [-0.05, 0) is 38.2 Å². The standard InChI is InChI=1S/C15H19BrN4OS/c1-10(22-12-5-3-11(16)4-6-12)15-18-14(19-21-15)13-9-17-7-8-20(13)2/h3-6,10,13,17H,7-9H2,1-2H3. The van der Waals surface area contributed by atoms with E-state index in [0.29, 0.717) is 5.89 Å². The van der Waals surface area contributed by atoms with Gasteiger partial charge >= 0.3 is 0 Å². The topological polar surface area (TPSA) is 54.2 Å². The summed E-state index contributed by atoms with van der Waals surface area (Å²) in [7, 11) is 2.10. The van der Waals surface area contributed by atoms with Crippen LogP contribution in [0.25, 0.3) is 0 Å². The highest BCUT2D eigenvalue weighted by molar-refractivity contribution is 9.10. The molecule has 2 aromatic rings. The molecule has 1 aromatic carbocycles. The second-order valence-corrected chi connectivity index (χ2v) is 7.74. The number of thioether (sulfide) groups is 1. The van der Waals surface area contributed by atoms with E-state index in [-0.39, 0.29) is 11.3 Å². The molecule has 0 spiro atoms. The second kappa shape index (κ2) is 7.12. The number of hydrogen-bond donors (Lipinski definition) is 1. The first-order valence-electron chi connectivity index (χ1n) is 7.30. The molecule has 1 aliphatic rings. The van der Waals surface area contributed by atoms with E-state index in [4.69, 9.17) is 4.52 Å². The number of halogens is 1. The van der Waals surface area contributed by atoms with Crippen molar-refractivity contribution in [3.05, 3.63) is 40.5 Å². The molecule has 1 N–H and O–H groups in total. The second-order valence-electron chi connectivity index (χ2n) is 5.41. The third-order valence-electron chi connectivity index (χ3n) is 3.74. The molecule has 1 aromatic heterocycles. The van der Waals surface area contributed by atoms with Crippen LogP contribution in [0, 0.1) is 0 Å².